The van der Waals surface area contributed by atoms with E-state index < -0.39 is 0 Å². The molecule has 0 aliphatic carbocycles. The lowest BCUT2D eigenvalue weighted by Gasteiger charge is -1.95. The average Bonchev–Trinajstić information content (AvgIpc) is 2.88. The van der Waals surface area contributed by atoms with Gasteiger partial charge in [-0.25, -0.2) is 19.9 Å². The van der Waals surface area contributed by atoms with Gasteiger partial charge in [-0.15, -0.1) is 0 Å². The molecule has 0 unspecified atom stereocenters. The molecule has 0 aromatic carbocycles. The van der Waals surface area contributed by atoms with E-state index in [1.807, 2.05) is 0 Å². The zero-order valence-electron chi connectivity index (χ0n) is 7.10. The number of rotatable bonds is 1. The molecule has 0 amide bonds. The quantitative estimate of drug-likeness (QED) is 0.587. The van der Waals surface area contributed by atoms with Gasteiger partial charge in [-0.3, -0.25) is 0 Å². The Morgan fingerprint density at radius 2 is 2.00 bits per heavy atom. The second-order valence-corrected chi connectivity index (χ2v) is 2.79. The van der Waals surface area contributed by atoms with E-state index in [0.29, 0.717) is 5.65 Å². The highest BCUT2D eigenvalue weighted by Gasteiger charge is 2.08. The lowest BCUT2D eigenvalue weighted by atomic mass is 10.3. The van der Waals surface area contributed by atoms with Crippen LogP contribution in [0.25, 0.3) is 22.6 Å². The molecule has 0 bridgehead atoms. The number of aromatic amines is 2. The first-order valence-electron chi connectivity index (χ1n) is 4.08. The molecule has 0 saturated heterocycles. The fourth-order valence-electron chi connectivity index (χ4n) is 1.35. The maximum absolute atomic E-state index is 4.17. The first-order chi connectivity index (χ1) is 6.95. The summed E-state index contributed by atoms with van der Waals surface area (Å²) in [6.07, 6.45) is 6.40. The molecule has 0 aliphatic heterocycles. The molecular formula is C8H6N6. The highest BCUT2D eigenvalue weighted by Crippen LogP contribution is 2.19. The molecule has 0 fully saturated rings. The first-order valence-corrected chi connectivity index (χ1v) is 4.08. The van der Waals surface area contributed by atoms with Crippen LogP contribution in [0.1, 0.15) is 0 Å². The van der Waals surface area contributed by atoms with Crippen LogP contribution in [0.5, 0.6) is 0 Å². The number of nitrogens with zero attached hydrogens (tertiary/aromatic N) is 4. The lowest BCUT2D eigenvalue weighted by Crippen LogP contribution is -1.87. The van der Waals surface area contributed by atoms with Crippen LogP contribution in [0.2, 0.25) is 0 Å². The minimum absolute atomic E-state index is 0.657. The van der Waals surface area contributed by atoms with Crippen molar-refractivity contribution >= 4 is 11.2 Å². The number of imidazole rings is 2. The van der Waals surface area contributed by atoms with Gasteiger partial charge < -0.3 is 9.97 Å². The second kappa shape index (κ2) is 2.63. The monoisotopic (exact) mass is 186 g/mol. The third-order valence-electron chi connectivity index (χ3n) is 1.98. The Hall–Kier alpha value is -2.24. The number of hydrogen-bond acceptors (Lipinski definition) is 4. The maximum Gasteiger partial charge on any atom is 0.181 e. The predicted octanol–water partition coefficient (Wildman–Crippen LogP) is 0.743. The van der Waals surface area contributed by atoms with Crippen molar-refractivity contribution in [2.45, 2.75) is 0 Å². The molecule has 3 aromatic rings. The lowest BCUT2D eigenvalue weighted by molar-refractivity contribution is 1.19. The van der Waals surface area contributed by atoms with Crippen LogP contribution in [0.4, 0.5) is 0 Å². The zero-order valence-corrected chi connectivity index (χ0v) is 7.10. The van der Waals surface area contributed by atoms with Gasteiger partial charge in [-0.1, -0.05) is 0 Å². The van der Waals surface area contributed by atoms with Crippen LogP contribution in [0.15, 0.2) is 25.2 Å². The zero-order chi connectivity index (χ0) is 9.38. The number of aromatic nitrogens is 6. The van der Waals surface area contributed by atoms with Crippen molar-refractivity contribution in [3.05, 3.63) is 25.2 Å². The van der Waals surface area contributed by atoms with E-state index in [1.165, 1.54) is 6.33 Å². The highest BCUT2D eigenvalue weighted by atomic mass is 15.0. The summed E-state index contributed by atoms with van der Waals surface area (Å²) < 4.78 is 0. The number of nitrogens with one attached hydrogen (secondary N) is 2. The SMILES string of the molecule is c1nc(-c2cnc[nH]2)c2[nH]cnc2n1. The largest absolute Gasteiger partial charge is 0.343 e. The minimum atomic E-state index is 0.657. The average molecular weight is 186 g/mol. The van der Waals surface area contributed by atoms with Crippen LogP contribution in [-0.4, -0.2) is 29.9 Å². The smallest absolute Gasteiger partial charge is 0.181 e. The van der Waals surface area contributed by atoms with Gasteiger partial charge in [-0.2, -0.15) is 0 Å². The van der Waals surface area contributed by atoms with E-state index >= 15 is 0 Å². The summed E-state index contributed by atoms with van der Waals surface area (Å²) in [6.45, 7) is 0. The number of H-pyrrole nitrogens is 2. The normalized spacial score (nSPS) is 10.9. The summed E-state index contributed by atoms with van der Waals surface area (Å²) in [4.78, 5) is 22.2. The molecule has 0 spiro atoms. The molecule has 0 atom stereocenters. The Morgan fingerprint density at radius 3 is 2.86 bits per heavy atom. The summed E-state index contributed by atoms with van der Waals surface area (Å²) in [6, 6.07) is 0. The van der Waals surface area contributed by atoms with E-state index in [2.05, 4.69) is 29.9 Å². The van der Waals surface area contributed by atoms with Crippen molar-refractivity contribution in [1.29, 1.82) is 0 Å². The van der Waals surface area contributed by atoms with Gasteiger partial charge in [0.25, 0.3) is 0 Å². The standard InChI is InChI=1S/C8H6N6/c1-5(10-2-9-1)6-7-8(13-3-11-6)14-4-12-7/h1-4H,(H,9,10)(H,11,12,13,14). The molecule has 0 saturated carbocycles. The van der Waals surface area contributed by atoms with E-state index in [1.54, 1.807) is 18.9 Å². The van der Waals surface area contributed by atoms with E-state index in [0.717, 1.165) is 16.9 Å². The van der Waals surface area contributed by atoms with E-state index in [-0.39, 0.29) is 0 Å². The van der Waals surface area contributed by atoms with Crippen LogP contribution in [0, 0.1) is 0 Å². The summed E-state index contributed by atoms with van der Waals surface area (Å²) in [5.41, 5.74) is 3.10. The van der Waals surface area contributed by atoms with Gasteiger partial charge in [0.15, 0.2) is 5.65 Å². The fourth-order valence-corrected chi connectivity index (χ4v) is 1.35. The van der Waals surface area contributed by atoms with Gasteiger partial charge in [0, 0.05) is 0 Å². The van der Waals surface area contributed by atoms with E-state index in [4.69, 9.17) is 0 Å². The molecular weight excluding hydrogens is 180 g/mol. The Balaban J connectivity index is 2.36. The van der Waals surface area contributed by atoms with Crippen LogP contribution < -0.4 is 0 Å². The molecule has 3 aromatic heterocycles. The molecule has 68 valence electrons. The summed E-state index contributed by atoms with van der Waals surface area (Å²) in [5, 5.41) is 0. The molecule has 6 heteroatoms. The van der Waals surface area contributed by atoms with Crippen molar-refractivity contribution in [1.82, 2.24) is 29.9 Å². The Labute approximate surface area is 78.5 Å². The molecule has 2 N–H and O–H groups in total. The van der Waals surface area contributed by atoms with E-state index in [9.17, 15) is 0 Å². The number of hydrogen-bond donors (Lipinski definition) is 2. The molecule has 0 aliphatic rings. The Bertz CT molecular complexity index is 552. The third-order valence-corrected chi connectivity index (χ3v) is 1.98. The molecule has 3 heterocycles. The van der Waals surface area contributed by atoms with Crippen molar-refractivity contribution in [3.63, 3.8) is 0 Å². The molecule has 3 rings (SSSR count). The predicted molar refractivity (Wildman–Crippen MR) is 49.3 cm³/mol. The fraction of sp³-hybridized carbons (Fsp3) is 0. The second-order valence-electron chi connectivity index (χ2n) is 2.79. The van der Waals surface area contributed by atoms with Gasteiger partial charge in [0.2, 0.25) is 0 Å². The summed E-state index contributed by atoms with van der Waals surface area (Å²) >= 11 is 0. The molecule has 14 heavy (non-hydrogen) atoms. The molecule has 0 radical (unpaired) electrons. The van der Waals surface area contributed by atoms with Crippen molar-refractivity contribution in [2.24, 2.45) is 0 Å². The van der Waals surface area contributed by atoms with Crippen LogP contribution >= 0.6 is 0 Å². The summed E-state index contributed by atoms with van der Waals surface area (Å²) in [5.74, 6) is 0. The van der Waals surface area contributed by atoms with Gasteiger partial charge >= 0.3 is 0 Å². The highest BCUT2D eigenvalue weighted by molar-refractivity contribution is 5.84. The van der Waals surface area contributed by atoms with Gasteiger partial charge in [0.05, 0.1) is 24.5 Å². The van der Waals surface area contributed by atoms with Crippen LogP contribution in [0.3, 0.4) is 0 Å². The van der Waals surface area contributed by atoms with Crippen molar-refractivity contribution in [3.8, 4) is 11.4 Å². The number of fused-ring (bicyclic) bond motifs is 1. The Kier molecular flexibility index (Phi) is 1.35. The minimum Gasteiger partial charge on any atom is -0.343 e. The van der Waals surface area contributed by atoms with Crippen molar-refractivity contribution < 1.29 is 0 Å². The first kappa shape index (κ1) is 7.19. The van der Waals surface area contributed by atoms with Crippen LogP contribution in [-0.2, 0) is 0 Å². The van der Waals surface area contributed by atoms with Gasteiger partial charge in [0.1, 0.15) is 17.5 Å². The maximum atomic E-state index is 4.17. The molecule has 6 nitrogen and oxygen atoms in total. The summed E-state index contributed by atoms with van der Waals surface area (Å²) in [7, 11) is 0. The Morgan fingerprint density at radius 1 is 1.00 bits per heavy atom. The third kappa shape index (κ3) is 0.905. The van der Waals surface area contributed by atoms with Gasteiger partial charge in [-0.05, 0) is 0 Å². The topological polar surface area (TPSA) is 83.1 Å². The van der Waals surface area contributed by atoms with Crippen molar-refractivity contribution in [2.75, 3.05) is 0 Å².